The smallest absolute Gasteiger partial charge is 0.356 e. The minimum atomic E-state index is -2.89. The first-order valence-electron chi connectivity index (χ1n) is 4.55. The van der Waals surface area contributed by atoms with Gasteiger partial charge in [-0.3, -0.25) is 0 Å². The normalized spacial score (nSPS) is 10.1. The molecule has 7 heteroatoms. The summed E-state index contributed by atoms with van der Waals surface area (Å²) in [5.41, 5.74) is 4.09. The van der Waals surface area contributed by atoms with Crippen molar-refractivity contribution in [2.45, 2.75) is 13.0 Å². The zero-order chi connectivity index (χ0) is 13.0. The van der Waals surface area contributed by atoms with Crippen LogP contribution in [0.25, 0.3) is 0 Å². The van der Waals surface area contributed by atoms with Crippen molar-refractivity contribution >= 4 is 5.97 Å². The van der Waals surface area contributed by atoms with Crippen molar-refractivity contribution in [2.24, 2.45) is 5.73 Å². The molecule has 17 heavy (non-hydrogen) atoms. The van der Waals surface area contributed by atoms with E-state index in [2.05, 4.69) is 9.72 Å². The van der Waals surface area contributed by atoms with Crippen LogP contribution in [0.15, 0.2) is 6.07 Å². The molecule has 5 nitrogen and oxygen atoms in total. The molecule has 0 aliphatic heterocycles. The van der Waals surface area contributed by atoms with E-state index in [-0.39, 0.29) is 23.5 Å². The van der Waals surface area contributed by atoms with Gasteiger partial charge in [-0.05, 0) is 6.07 Å². The van der Waals surface area contributed by atoms with Gasteiger partial charge in [-0.25, -0.2) is 18.6 Å². The first kappa shape index (κ1) is 13.0. The van der Waals surface area contributed by atoms with Crippen molar-refractivity contribution < 1.29 is 18.3 Å². The van der Waals surface area contributed by atoms with E-state index in [1.165, 1.54) is 0 Å². The zero-order valence-corrected chi connectivity index (χ0v) is 8.91. The predicted octanol–water partition coefficient (Wildman–Crippen LogP) is 1.14. The number of methoxy groups -OCH3 is 1. The molecule has 2 N–H and O–H groups in total. The third kappa shape index (κ3) is 2.54. The number of carbonyl (C=O) groups excluding carboxylic acids is 1. The number of hydrogen-bond acceptors (Lipinski definition) is 5. The molecule has 1 aromatic heterocycles. The highest BCUT2D eigenvalue weighted by Gasteiger charge is 2.21. The van der Waals surface area contributed by atoms with Crippen LogP contribution in [0.2, 0.25) is 0 Å². The van der Waals surface area contributed by atoms with Gasteiger partial charge < -0.3 is 10.5 Å². The van der Waals surface area contributed by atoms with Gasteiger partial charge in [0.25, 0.3) is 6.43 Å². The van der Waals surface area contributed by atoms with E-state index in [1.54, 1.807) is 6.07 Å². The molecule has 0 aliphatic rings. The number of alkyl halides is 2. The van der Waals surface area contributed by atoms with Crippen LogP contribution in [0.4, 0.5) is 8.78 Å². The van der Waals surface area contributed by atoms with Gasteiger partial charge >= 0.3 is 5.97 Å². The summed E-state index contributed by atoms with van der Waals surface area (Å²) in [5.74, 6) is -0.855. The van der Waals surface area contributed by atoms with E-state index in [0.717, 1.165) is 13.2 Å². The molecular formula is C10H9F2N3O2. The van der Waals surface area contributed by atoms with Crippen LogP contribution >= 0.6 is 0 Å². The average molecular weight is 241 g/mol. The average Bonchev–Trinajstić information content (AvgIpc) is 2.35. The highest BCUT2D eigenvalue weighted by atomic mass is 19.3. The number of nitrogens with two attached hydrogens (primary N) is 1. The molecule has 0 spiro atoms. The fourth-order valence-electron chi connectivity index (χ4n) is 1.28. The number of carbonyl (C=O) groups is 1. The minimum absolute atomic E-state index is 0.0503. The van der Waals surface area contributed by atoms with E-state index in [0.29, 0.717) is 0 Å². The van der Waals surface area contributed by atoms with Gasteiger partial charge in [0.15, 0.2) is 0 Å². The maximum Gasteiger partial charge on any atom is 0.356 e. The molecule has 0 radical (unpaired) electrons. The first-order valence-corrected chi connectivity index (χ1v) is 4.55. The number of nitrogens with zero attached hydrogens (tertiary/aromatic N) is 2. The van der Waals surface area contributed by atoms with Gasteiger partial charge in [0, 0.05) is 12.1 Å². The predicted molar refractivity (Wildman–Crippen MR) is 53.1 cm³/mol. The van der Waals surface area contributed by atoms with Crippen LogP contribution in [-0.2, 0) is 11.3 Å². The fraction of sp³-hybridized carbons (Fsp3) is 0.300. The topological polar surface area (TPSA) is 89.0 Å². The molecule has 0 atom stereocenters. The van der Waals surface area contributed by atoms with Crippen molar-refractivity contribution in [1.82, 2.24) is 4.98 Å². The molecular weight excluding hydrogens is 232 g/mol. The van der Waals surface area contributed by atoms with Gasteiger partial charge in [-0.15, -0.1) is 0 Å². The molecule has 1 rings (SSSR count). The third-order valence-electron chi connectivity index (χ3n) is 2.06. The van der Waals surface area contributed by atoms with Crippen LogP contribution in [-0.4, -0.2) is 18.1 Å². The summed E-state index contributed by atoms with van der Waals surface area (Å²) in [4.78, 5) is 14.9. The van der Waals surface area contributed by atoms with Gasteiger partial charge in [-0.1, -0.05) is 0 Å². The Labute approximate surface area is 95.8 Å². The summed E-state index contributed by atoms with van der Waals surface area (Å²) in [7, 11) is 1.10. The quantitative estimate of drug-likeness (QED) is 0.801. The second-order valence-electron chi connectivity index (χ2n) is 3.03. The van der Waals surface area contributed by atoms with E-state index in [9.17, 15) is 13.6 Å². The molecule has 0 unspecified atom stereocenters. The van der Waals surface area contributed by atoms with Crippen LogP contribution in [0.1, 0.15) is 33.7 Å². The lowest BCUT2D eigenvalue weighted by molar-refractivity contribution is 0.0593. The second kappa shape index (κ2) is 5.32. The number of halogens is 2. The molecule has 0 saturated heterocycles. The van der Waals surface area contributed by atoms with Crippen molar-refractivity contribution in [3.05, 3.63) is 28.6 Å². The van der Waals surface area contributed by atoms with Gasteiger partial charge in [0.05, 0.1) is 18.4 Å². The van der Waals surface area contributed by atoms with E-state index >= 15 is 0 Å². The maximum absolute atomic E-state index is 12.7. The number of aromatic nitrogens is 1. The Morgan fingerprint density at radius 1 is 1.71 bits per heavy atom. The second-order valence-corrected chi connectivity index (χ2v) is 3.03. The molecule has 0 fully saturated rings. The Balaban J connectivity index is 3.47. The lowest BCUT2D eigenvalue weighted by atomic mass is 10.1. The van der Waals surface area contributed by atoms with Crippen LogP contribution in [0.3, 0.4) is 0 Å². The van der Waals surface area contributed by atoms with Crippen molar-refractivity contribution in [1.29, 1.82) is 5.26 Å². The Morgan fingerprint density at radius 3 is 2.76 bits per heavy atom. The van der Waals surface area contributed by atoms with E-state index in [1.807, 2.05) is 0 Å². The Morgan fingerprint density at radius 2 is 2.35 bits per heavy atom. The van der Waals surface area contributed by atoms with Gasteiger partial charge in [0.2, 0.25) is 0 Å². The number of pyridine rings is 1. The SMILES string of the molecule is COC(=O)c1cc(C(F)F)c(C#N)c(CN)n1. The van der Waals surface area contributed by atoms with Crippen molar-refractivity contribution in [2.75, 3.05) is 7.11 Å². The summed E-state index contributed by atoms with van der Waals surface area (Å²) in [6, 6.07) is 2.45. The molecule has 0 aliphatic carbocycles. The maximum atomic E-state index is 12.7. The highest BCUT2D eigenvalue weighted by Crippen LogP contribution is 2.25. The molecule has 0 amide bonds. The molecule has 0 bridgehead atoms. The summed E-state index contributed by atoms with van der Waals surface area (Å²) < 4.78 is 29.8. The van der Waals surface area contributed by atoms with E-state index < -0.39 is 18.0 Å². The number of nitriles is 1. The van der Waals surface area contributed by atoms with Crippen molar-refractivity contribution in [3.8, 4) is 6.07 Å². The van der Waals surface area contributed by atoms with E-state index in [4.69, 9.17) is 11.0 Å². The number of hydrogen-bond donors (Lipinski definition) is 1. The lowest BCUT2D eigenvalue weighted by Gasteiger charge is -2.09. The summed E-state index contributed by atoms with van der Waals surface area (Å²) in [6.45, 7) is -0.215. The highest BCUT2D eigenvalue weighted by molar-refractivity contribution is 5.87. The zero-order valence-electron chi connectivity index (χ0n) is 8.91. The van der Waals surface area contributed by atoms with Crippen molar-refractivity contribution in [3.63, 3.8) is 0 Å². The standard InChI is InChI=1S/C10H9F2N3O2/c1-17-10(16)7-2-5(9(11)12)6(3-13)8(4-14)15-7/h2,9H,4,14H2,1H3. The summed E-state index contributed by atoms with van der Waals surface area (Å²) in [5, 5.41) is 8.77. The van der Waals surface area contributed by atoms with Gasteiger partial charge in [-0.2, -0.15) is 5.26 Å². The third-order valence-corrected chi connectivity index (χ3v) is 2.06. The first-order chi connectivity index (χ1) is 8.04. The molecule has 0 aromatic carbocycles. The van der Waals surface area contributed by atoms with Gasteiger partial charge in [0.1, 0.15) is 11.8 Å². The van der Waals surface area contributed by atoms with Crippen LogP contribution in [0.5, 0.6) is 0 Å². The number of esters is 1. The lowest BCUT2D eigenvalue weighted by Crippen LogP contribution is -2.13. The summed E-state index contributed by atoms with van der Waals surface area (Å²) >= 11 is 0. The molecule has 90 valence electrons. The molecule has 1 aromatic rings. The van der Waals surface area contributed by atoms with Crippen LogP contribution in [0, 0.1) is 11.3 Å². The molecule has 0 saturated carbocycles. The summed E-state index contributed by atoms with van der Waals surface area (Å²) in [6.07, 6.45) is -2.89. The Bertz CT molecular complexity index is 483. The Kier molecular flexibility index (Phi) is 4.06. The molecule has 1 heterocycles. The fourth-order valence-corrected chi connectivity index (χ4v) is 1.28. The largest absolute Gasteiger partial charge is 0.464 e. The Hall–Kier alpha value is -2.07. The monoisotopic (exact) mass is 241 g/mol. The minimum Gasteiger partial charge on any atom is -0.464 e. The number of rotatable bonds is 3. The number of ether oxygens (including phenoxy) is 1. The van der Waals surface area contributed by atoms with Crippen LogP contribution < -0.4 is 5.73 Å².